The zero-order chi connectivity index (χ0) is 31.6. The van der Waals surface area contributed by atoms with Gasteiger partial charge in [0.15, 0.2) is 0 Å². The maximum absolute atomic E-state index is 13.3. The molecule has 7 heteroatoms. The van der Waals surface area contributed by atoms with Gasteiger partial charge in [0.2, 0.25) is 5.91 Å². The molecule has 1 aromatic heterocycles. The number of nitrogens with zero attached hydrogens (tertiary/aromatic N) is 1. The molecule has 1 aliphatic rings. The van der Waals surface area contributed by atoms with Gasteiger partial charge in [0.05, 0.1) is 18.3 Å². The lowest BCUT2D eigenvalue weighted by Gasteiger charge is -2.24. The third-order valence-corrected chi connectivity index (χ3v) is 9.11. The molecule has 1 heterocycles. The molecule has 1 amide bonds. The van der Waals surface area contributed by atoms with E-state index in [1.54, 1.807) is 25.2 Å². The summed E-state index contributed by atoms with van der Waals surface area (Å²) >= 11 is 1.54. The zero-order valence-electron chi connectivity index (χ0n) is 26.4. The number of carbonyl (C=O) groups excluding carboxylic acids is 2. The van der Waals surface area contributed by atoms with Crippen LogP contribution >= 0.6 is 11.3 Å². The topological polar surface area (TPSA) is 77.5 Å². The van der Waals surface area contributed by atoms with E-state index in [2.05, 4.69) is 47.8 Å². The highest BCUT2D eigenvalue weighted by Crippen LogP contribution is 2.28. The molecule has 0 saturated heterocycles. The van der Waals surface area contributed by atoms with Crippen molar-refractivity contribution in [3.63, 3.8) is 0 Å². The van der Waals surface area contributed by atoms with Crippen LogP contribution in [0.4, 0.5) is 0 Å². The number of aromatic nitrogens is 1. The molecular weight excluding hydrogens is 580 g/mol. The molecule has 1 N–H and O–H groups in total. The minimum Gasteiger partial charge on any atom is -0.489 e. The Balaban J connectivity index is 1.28. The lowest BCUT2D eigenvalue weighted by molar-refractivity contribution is -0.138. The lowest BCUT2D eigenvalue weighted by atomic mass is 9.88. The number of benzene rings is 3. The van der Waals surface area contributed by atoms with Crippen LogP contribution in [0.2, 0.25) is 0 Å². The fraction of sp³-hybridized carbons (Fsp3) is 0.342. The highest BCUT2D eigenvalue weighted by Gasteiger charge is 2.25. The first-order chi connectivity index (χ1) is 21.9. The van der Waals surface area contributed by atoms with Crippen LogP contribution in [0.5, 0.6) is 5.75 Å². The van der Waals surface area contributed by atoms with Gasteiger partial charge in [-0.1, -0.05) is 67.8 Å². The van der Waals surface area contributed by atoms with Crippen LogP contribution in [0.1, 0.15) is 80.7 Å². The second-order valence-electron chi connectivity index (χ2n) is 11.8. The smallest absolute Gasteiger partial charge is 0.333 e. The molecule has 1 atom stereocenters. The van der Waals surface area contributed by atoms with Crippen molar-refractivity contribution in [2.45, 2.75) is 71.9 Å². The van der Waals surface area contributed by atoms with Crippen molar-refractivity contribution in [3.05, 3.63) is 111 Å². The van der Waals surface area contributed by atoms with Crippen LogP contribution < -0.4 is 10.1 Å². The molecule has 45 heavy (non-hydrogen) atoms. The van der Waals surface area contributed by atoms with Gasteiger partial charge >= 0.3 is 5.97 Å². The van der Waals surface area contributed by atoms with Crippen LogP contribution in [-0.4, -0.2) is 23.5 Å². The Morgan fingerprint density at radius 2 is 1.71 bits per heavy atom. The number of hydrogen-bond acceptors (Lipinski definition) is 6. The minimum absolute atomic E-state index is 0.0599. The van der Waals surface area contributed by atoms with Crippen molar-refractivity contribution in [1.29, 1.82) is 0 Å². The number of thiazole rings is 1. The van der Waals surface area contributed by atoms with Gasteiger partial charge < -0.3 is 14.8 Å². The van der Waals surface area contributed by atoms with Gasteiger partial charge in [-0.05, 0) is 97.9 Å². The van der Waals surface area contributed by atoms with Crippen molar-refractivity contribution < 1.29 is 19.1 Å². The normalized spacial score (nSPS) is 15.1. The van der Waals surface area contributed by atoms with E-state index >= 15 is 0 Å². The number of amides is 1. The van der Waals surface area contributed by atoms with Gasteiger partial charge in [-0.15, -0.1) is 11.3 Å². The molecule has 3 aromatic carbocycles. The van der Waals surface area contributed by atoms with Crippen molar-refractivity contribution in [3.8, 4) is 5.75 Å². The van der Waals surface area contributed by atoms with Crippen molar-refractivity contribution in [1.82, 2.24) is 10.3 Å². The Morgan fingerprint density at radius 1 is 0.978 bits per heavy atom. The average Bonchev–Trinajstić information content (AvgIpc) is 3.52. The molecule has 4 aromatic rings. The number of esters is 1. The molecule has 0 bridgehead atoms. The monoisotopic (exact) mass is 622 g/mol. The summed E-state index contributed by atoms with van der Waals surface area (Å²) in [5.74, 6) is 0.661. The van der Waals surface area contributed by atoms with Crippen LogP contribution in [0.3, 0.4) is 0 Å². The molecule has 0 spiro atoms. The van der Waals surface area contributed by atoms with Gasteiger partial charge in [-0.25, -0.2) is 9.78 Å². The standard InChI is InChI=1S/C38H42N2O4S/c1-4-43-38(42)27(3)20-26(2)21-33-25-45-37(39-33)35(40-36(41)31-11-6-5-7-12-31)23-28-15-18-34(19-16-28)44-24-29-14-17-30-10-8-9-13-32(30)22-29/h8-10,13-22,25,31,35H,4-7,11-12,23-24H2,1-3H3,(H,40,41)/b26-21+,27-20-/t35-/m0/s1. The molecular formula is C38H42N2O4S. The summed E-state index contributed by atoms with van der Waals surface area (Å²) in [5.41, 5.74) is 4.47. The van der Waals surface area contributed by atoms with E-state index in [0.717, 1.165) is 58.8 Å². The Kier molecular flexibility index (Phi) is 11.2. The van der Waals surface area contributed by atoms with Crippen molar-refractivity contribution in [2.24, 2.45) is 5.92 Å². The maximum Gasteiger partial charge on any atom is 0.333 e. The largest absolute Gasteiger partial charge is 0.489 e. The minimum atomic E-state index is -0.320. The third kappa shape index (κ3) is 9.14. The Bertz CT molecular complexity index is 1660. The Labute approximate surface area is 270 Å². The molecule has 1 saturated carbocycles. The molecule has 0 unspecified atom stereocenters. The van der Waals surface area contributed by atoms with Gasteiger partial charge in [-0.2, -0.15) is 0 Å². The Hall–Kier alpha value is -4.23. The van der Waals surface area contributed by atoms with E-state index < -0.39 is 0 Å². The summed E-state index contributed by atoms with van der Waals surface area (Å²) in [7, 11) is 0. The van der Waals surface area contributed by atoms with Crippen LogP contribution in [0.15, 0.2) is 89.3 Å². The van der Waals surface area contributed by atoms with Gasteiger partial charge in [-0.3, -0.25) is 4.79 Å². The predicted octanol–water partition coefficient (Wildman–Crippen LogP) is 8.77. The highest BCUT2D eigenvalue weighted by molar-refractivity contribution is 7.09. The van der Waals surface area contributed by atoms with Crippen LogP contribution in [-0.2, 0) is 27.4 Å². The maximum atomic E-state index is 13.3. The van der Waals surface area contributed by atoms with E-state index in [1.807, 2.05) is 48.7 Å². The van der Waals surface area contributed by atoms with Gasteiger partial charge in [0.1, 0.15) is 17.4 Å². The molecule has 1 aliphatic carbocycles. The summed E-state index contributed by atoms with van der Waals surface area (Å²) in [6.45, 7) is 6.32. The number of allylic oxidation sites excluding steroid dienone is 2. The molecule has 1 fully saturated rings. The van der Waals surface area contributed by atoms with Gasteiger partial charge in [0, 0.05) is 16.9 Å². The molecule has 234 valence electrons. The van der Waals surface area contributed by atoms with E-state index in [4.69, 9.17) is 14.5 Å². The van der Waals surface area contributed by atoms with Crippen LogP contribution in [0, 0.1) is 5.92 Å². The molecule has 6 nitrogen and oxygen atoms in total. The first-order valence-corrected chi connectivity index (χ1v) is 16.7. The van der Waals surface area contributed by atoms with Crippen molar-refractivity contribution >= 4 is 40.1 Å². The van der Waals surface area contributed by atoms with E-state index in [1.165, 1.54) is 17.2 Å². The first kappa shape index (κ1) is 32.2. The molecule has 5 rings (SSSR count). The summed E-state index contributed by atoms with van der Waals surface area (Å²) in [6, 6.07) is 22.6. The number of rotatable bonds is 12. The summed E-state index contributed by atoms with van der Waals surface area (Å²) in [6.07, 6.45) is 9.68. The Morgan fingerprint density at radius 3 is 2.47 bits per heavy atom. The van der Waals surface area contributed by atoms with Crippen molar-refractivity contribution in [2.75, 3.05) is 6.61 Å². The van der Waals surface area contributed by atoms with Gasteiger partial charge in [0.25, 0.3) is 0 Å². The number of hydrogen-bond donors (Lipinski definition) is 1. The fourth-order valence-electron chi connectivity index (χ4n) is 5.75. The summed E-state index contributed by atoms with van der Waals surface area (Å²) in [4.78, 5) is 30.2. The third-order valence-electron chi connectivity index (χ3n) is 8.13. The quantitative estimate of drug-likeness (QED) is 0.0971. The highest BCUT2D eigenvalue weighted by atomic mass is 32.1. The number of fused-ring (bicyclic) bond motifs is 1. The average molecular weight is 623 g/mol. The lowest BCUT2D eigenvalue weighted by Crippen LogP contribution is -2.35. The predicted molar refractivity (Wildman–Crippen MR) is 182 cm³/mol. The second-order valence-corrected chi connectivity index (χ2v) is 12.7. The number of carbonyl (C=O) groups is 2. The summed E-state index contributed by atoms with van der Waals surface area (Å²) in [5, 5.41) is 8.62. The van der Waals surface area contributed by atoms with E-state index in [-0.39, 0.29) is 23.8 Å². The summed E-state index contributed by atoms with van der Waals surface area (Å²) < 4.78 is 11.2. The molecule has 0 radical (unpaired) electrons. The number of ether oxygens (including phenoxy) is 2. The SMILES string of the molecule is CCOC(=O)/C(C)=C\C(C)=C\c1csc([C@H](Cc2ccc(OCc3ccc4ccccc4c3)cc2)NC(=O)C2CCCCC2)n1. The fourth-order valence-corrected chi connectivity index (χ4v) is 6.58. The second kappa shape index (κ2) is 15.7. The van der Waals surface area contributed by atoms with Crippen LogP contribution in [0.25, 0.3) is 16.8 Å². The molecule has 0 aliphatic heterocycles. The van der Waals surface area contributed by atoms with E-state index in [0.29, 0.717) is 25.2 Å². The number of nitrogens with one attached hydrogen (secondary N) is 1. The van der Waals surface area contributed by atoms with E-state index in [9.17, 15) is 9.59 Å². The first-order valence-electron chi connectivity index (χ1n) is 15.9. The zero-order valence-corrected chi connectivity index (χ0v) is 27.2.